The maximum atomic E-state index is 13.4. The smallest absolute Gasteiger partial charge is 0.419 e. The van der Waals surface area contributed by atoms with E-state index in [0.717, 1.165) is 19.0 Å². The fourth-order valence-electron chi connectivity index (χ4n) is 3.92. The number of ether oxygens (including phenoxy) is 1. The summed E-state index contributed by atoms with van der Waals surface area (Å²) in [7, 11) is 0. The van der Waals surface area contributed by atoms with Crippen molar-refractivity contribution in [3.8, 4) is 0 Å². The van der Waals surface area contributed by atoms with Crippen molar-refractivity contribution in [3.63, 3.8) is 0 Å². The van der Waals surface area contributed by atoms with Gasteiger partial charge in [0, 0.05) is 43.5 Å². The number of carbonyl (C=O) groups excluding carboxylic acids is 1. The van der Waals surface area contributed by atoms with E-state index in [-0.39, 0.29) is 17.2 Å². The summed E-state index contributed by atoms with van der Waals surface area (Å²) in [5, 5.41) is 0. The Labute approximate surface area is 157 Å². The number of amides is 1. The van der Waals surface area contributed by atoms with Crippen LogP contribution in [-0.4, -0.2) is 47.8 Å². The molecular formula is C19H26F3N3O2. The van der Waals surface area contributed by atoms with Gasteiger partial charge in [-0.25, -0.2) is 4.79 Å². The third-order valence-electron chi connectivity index (χ3n) is 5.19. The van der Waals surface area contributed by atoms with E-state index in [9.17, 15) is 18.0 Å². The highest BCUT2D eigenvalue weighted by Gasteiger charge is 2.47. The van der Waals surface area contributed by atoms with Crippen LogP contribution in [0.2, 0.25) is 0 Å². The number of likely N-dealkylation sites (tertiary alicyclic amines) is 1. The predicted octanol–water partition coefficient (Wildman–Crippen LogP) is 4.25. The number of aryl methyl sites for hydroxylation is 1. The first-order chi connectivity index (χ1) is 12.4. The van der Waals surface area contributed by atoms with E-state index < -0.39 is 17.3 Å². The van der Waals surface area contributed by atoms with Gasteiger partial charge in [0.05, 0.1) is 11.3 Å². The second-order valence-corrected chi connectivity index (χ2v) is 8.66. The van der Waals surface area contributed by atoms with Crippen LogP contribution < -0.4 is 4.90 Å². The quantitative estimate of drug-likeness (QED) is 0.725. The third kappa shape index (κ3) is 4.30. The van der Waals surface area contributed by atoms with Crippen LogP contribution in [-0.2, 0) is 10.9 Å². The average Bonchev–Trinajstić information content (AvgIpc) is 3.12. The standard InChI is InChI=1S/C19H26F3N3O2/c1-13-9-15(14(10-23-13)19(20,21)22)24-7-5-18(11-24)6-8-25(12-18)16(26)27-17(2,3)4/h9-10H,5-8,11-12H2,1-4H3. The van der Waals surface area contributed by atoms with Crippen molar-refractivity contribution >= 4 is 11.8 Å². The molecule has 2 aliphatic heterocycles. The second kappa shape index (κ2) is 6.56. The summed E-state index contributed by atoms with van der Waals surface area (Å²) in [6, 6.07) is 1.50. The van der Waals surface area contributed by atoms with Gasteiger partial charge in [0.25, 0.3) is 0 Å². The number of aromatic nitrogens is 1. The van der Waals surface area contributed by atoms with Crippen molar-refractivity contribution in [1.29, 1.82) is 0 Å². The number of rotatable bonds is 1. The number of nitrogens with zero attached hydrogens (tertiary/aromatic N) is 3. The molecule has 0 N–H and O–H groups in total. The Morgan fingerprint density at radius 1 is 1.19 bits per heavy atom. The van der Waals surface area contributed by atoms with Gasteiger partial charge in [0.2, 0.25) is 0 Å². The van der Waals surface area contributed by atoms with Crippen molar-refractivity contribution in [2.24, 2.45) is 5.41 Å². The Kier molecular flexibility index (Phi) is 4.80. The Balaban J connectivity index is 1.75. The SMILES string of the molecule is Cc1cc(N2CCC3(CCN(C(=O)OC(C)(C)C)C3)C2)c(C(F)(F)F)cn1. The van der Waals surface area contributed by atoms with Crippen LogP contribution in [0.5, 0.6) is 0 Å². The van der Waals surface area contributed by atoms with E-state index in [2.05, 4.69) is 4.98 Å². The van der Waals surface area contributed by atoms with E-state index in [0.29, 0.717) is 31.9 Å². The highest BCUT2D eigenvalue weighted by atomic mass is 19.4. The van der Waals surface area contributed by atoms with Gasteiger partial charge in [-0.15, -0.1) is 0 Å². The van der Waals surface area contributed by atoms with Crippen LogP contribution in [0.25, 0.3) is 0 Å². The first kappa shape index (κ1) is 19.8. The summed E-state index contributed by atoms with van der Waals surface area (Å²) in [5.41, 5.74) is -0.711. The molecule has 1 aromatic heterocycles. The van der Waals surface area contributed by atoms with Crippen LogP contribution in [0, 0.1) is 12.3 Å². The topological polar surface area (TPSA) is 45.7 Å². The Morgan fingerprint density at radius 2 is 1.85 bits per heavy atom. The fraction of sp³-hybridized carbons (Fsp3) is 0.684. The molecule has 1 amide bonds. The second-order valence-electron chi connectivity index (χ2n) is 8.66. The van der Waals surface area contributed by atoms with Gasteiger partial charge in [-0.1, -0.05) is 0 Å². The normalized spacial score (nSPS) is 23.4. The molecule has 1 atom stereocenters. The minimum atomic E-state index is -4.44. The van der Waals surface area contributed by atoms with Crippen molar-refractivity contribution in [2.45, 2.75) is 52.3 Å². The molecule has 8 heteroatoms. The number of pyridine rings is 1. The molecule has 2 aliphatic rings. The van der Waals surface area contributed by atoms with Gasteiger partial charge >= 0.3 is 12.3 Å². The highest BCUT2D eigenvalue weighted by molar-refractivity contribution is 5.68. The first-order valence-corrected chi connectivity index (χ1v) is 9.15. The molecular weight excluding hydrogens is 359 g/mol. The number of hydrogen-bond donors (Lipinski definition) is 0. The molecule has 0 aliphatic carbocycles. The van der Waals surface area contributed by atoms with Crippen LogP contribution >= 0.6 is 0 Å². The molecule has 0 aromatic carbocycles. The van der Waals surface area contributed by atoms with Crippen LogP contribution in [0.3, 0.4) is 0 Å². The monoisotopic (exact) mass is 385 g/mol. The zero-order chi connectivity index (χ0) is 20.0. The summed E-state index contributed by atoms with van der Waals surface area (Å²) in [4.78, 5) is 19.6. The molecule has 3 heterocycles. The minimum absolute atomic E-state index is 0.183. The van der Waals surface area contributed by atoms with Gasteiger partial charge < -0.3 is 14.5 Å². The molecule has 0 saturated carbocycles. The zero-order valence-corrected chi connectivity index (χ0v) is 16.2. The Bertz CT molecular complexity index is 730. The molecule has 0 radical (unpaired) electrons. The largest absolute Gasteiger partial charge is 0.444 e. The number of alkyl halides is 3. The lowest BCUT2D eigenvalue weighted by molar-refractivity contribution is -0.137. The molecule has 150 valence electrons. The van der Waals surface area contributed by atoms with Crippen LogP contribution in [0.1, 0.15) is 44.9 Å². The summed E-state index contributed by atoms with van der Waals surface area (Å²) < 4.78 is 45.6. The molecule has 2 saturated heterocycles. The van der Waals surface area contributed by atoms with Crippen LogP contribution in [0.15, 0.2) is 12.3 Å². The lowest BCUT2D eigenvalue weighted by atomic mass is 9.86. The molecule has 1 aromatic rings. The number of anilines is 1. The van der Waals surface area contributed by atoms with Crippen molar-refractivity contribution in [1.82, 2.24) is 9.88 Å². The molecule has 1 unspecified atom stereocenters. The molecule has 3 rings (SSSR count). The van der Waals surface area contributed by atoms with E-state index in [1.807, 2.05) is 20.8 Å². The number of halogens is 3. The molecule has 5 nitrogen and oxygen atoms in total. The molecule has 0 bridgehead atoms. The third-order valence-corrected chi connectivity index (χ3v) is 5.19. The summed E-state index contributed by atoms with van der Waals surface area (Å²) >= 11 is 0. The molecule has 2 fully saturated rings. The number of carbonyl (C=O) groups is 1. The summed E-state index contributed by atoms with van der Waals surface area (Å²) in [6.45, 7) is 9.27. The summed E-state index contributed by atoms with van der Waals surface area (Å²) in [5.74, 6) is 0. The van der Waals surface area contributed by atoms with Crippen LogP contribution in [0.4, 0.5) is 23.7 Å². The van der Waals surface area contributed by atoms with E-state index in [1.165, 1.54) is 6.07 Å². The average molecular weight is 385 g/mol. The number of hydrogen-bond acceptors (Lipinski definition) is 4. The predicted molar refractivity (Wildman–Crippen MR) is 95.7 cm³/mol. The molecule has 1 spiro atoms. The van der Waals surface area contributed by atoms with Gasteiger partial charge in [0.1, 0.15) is 5.60 Å². The maximum absolute atomic E-state index is 13.4. The van der Waals surface area contributed by atoms with E-state index >= 15 is 0 Å². The first-order valence-electron chi connectivity index (χ1n) is 9.15. The fourth-order valence-corrected chi connectivity index (χ4v) is 3.92. The van der Waals surface area contributed by atoms with E-state index in [1.54, 1.807) is 16.7 Å². The molecule has 27 heavy (non-hydrogen) atoms. The van der Waals surface area contributed by atoms with Gasteiger partial charge in [-0.3, -0.25) is 4.98 Å². The van der Waals surface area contributed by atoms with Gasteiger partial charge in [0.15, 0.2) is 0 Å². The lowest BCUT2D eigenvalue weighted by Crippen LogP contribution is -2.37. The zero-order valence-electron chi connectivity index (χ0n) is 16.2. The van der Waals surface area contributed by atoms with Crippen molar-refractivity contribution in [3.05, 3.63) is 23.5 Å². The summed E-state index contributed by atoms with van der Waals surface area (Å²) in [6.07, 6.45) is -2.35. The minimum Gasteiger partial charge on any atom is -0.444 e. The Morgan fingerprint density at radius 3 is 2.48 bits per heavy atom. The van der Waals surface area contributed by atoms with Crippen molar-refractivity contribution < 1.29 is 22.7 Å². The van der Waals surface area contributed by atoms with Gasteiger partial charge in [-0.2, -0.15) is 13.2 Å². The Hall–Kier alpha value is -1.99. The van der Waals surface area contributed by atoms with Crippen molar-refractivity contribution in [2.75, 3.05) is 31.1 Å². The maximum Gasteiger partial charge on any atom is 0.419 e. The van der Waals surface area contributed by atoms with Gasteiger partial charge in [-0.05, 0) is 46.6 Å². The van der Waals surface area contributed by atoms with E-state index in [4.69, 9.17) is 4.74 Å². The highest BCUT2D eigenvalue weighted by Crippen LogP contribution is 2.44. The lowest BCUT2D eigenvalue weighted by Gasteiger charge is -2.28.